The molecule has 1 N–H and O–H groups in total. The zero-order valence-electron chi connectivity index (χ0n) is 14.3. The first-order valence-corrected chi connectivity index (χ1v) is 9.83. The van der Waals surface area contributed by atoms with E-state index in [1.54, 1.807) is 12.1 Å². The Bertz CT molecular complexity index is 937. The number of aryl methyl sites for hydroxylation is 1. The van der Waals surface area contributed by atoms with Crippen LogP contribution >= 0.6 is 0 Å². The number of hydrogen-bond donors (Lipinski definition) is 1. The molecule has 5 nitrogen and oxygen atoms in total. The van der Waals surface area contributed by atoms with Crippen molar-refractivity contribution in [1.29, 1.82) is 4.78 Å². The third-order valence-corrected chi connectivity index (χ3v) is 5.99. The molecule has 0 saturated carbocycles. The molecule has 1 aromatic carbocycles. The van der Waals surface area contributed by atoms with Gasteiger partial charge in [-0.2, -0.15) is 10.6 Å². The maximum Gasteiger partial charge on any atom is 0.263 e. The van der Waals surface area contributed by atoms with Crippen LogP contribution in [0.3, 0.4) is 0 Å². The van der Waals surface area contributed by atoms with Crippen molar-refractivity contribution in [2.75, 3.05) is 11.4 Å². The number of anilines is 1. The summed E-state index contributed by atoms with van der Waals surface area (Å²) in [7, 11) is -2.24. The van der Waals surface area contributed by atoms with Crippen molar-refractivity contribution in [2.24, 2.45) is 0 Å². The van der Waals surface area contributed by atoms with Gasteiger partial charge in [-0.15, -0.1) is 0 Å². The predicted octanol–water partition coefficient (Wildman–Crippen LogP) is 4.25. The van der Waals surface area contributed by atoms with Gasteiger partial charge in [0.25, 0.3) is 6.43 Å². The van der Waals surface area contributed by atoms with E-state index in [4.69, 9.17) is 4.78 Å². The molecule has 2 aromatic rings. The monoisotopic (exact) mass is 377 g/mol. The van der Waals surface area contributed by atoms with Crippen LogP contribution in [0.1, 0.15) is 43.0 Å². The highest BCUT2D eigenvalue weighted by molar-refractivity contribution is 7.73. The topological polar surface area (TPSA) is 69.9 Å². The standard InChI is InChI=1S/C18H19F2N4OS/c1-10-8-9-24(10)18-22-13-6-2-4-11(13)16(23-18)12-5-3-7-14(26(21)25)15(12)17(19)20/h3,5,7,10,17,21H,2,4,6,8-9H2,1H3/q-1/t10-/m0/s1. The molecule has 0 unspecified atom stereocenters. The molecule has 26 heavy (non-hydrogen) atoms. The summed E-state index contributed by atoms with van der Waals surface area (Å²) in [6.45, 7) is 2.95. The molecule has 1 fully saturated rings. The average Bonchev–Trinajstić information content (AvgIpc) is 3.07. The van der Waals surface area contributed by atoms with E-state index in [2.05, 4.69) is 21.8 Å². The van der Waals surface area contributed by atoms with E-state index >= 15 is 0 Å². The fraction of sp³-hybridized carbons (Fsp3) is 0.444. The second-order valence-electron chi connectivity index (χ2n) is 6.77. The molecule has 0 bridgehead atoms. The minimum absolute atomic E-state index is 0.151. The summed E-state index contributed by atoms with van der Waals surface area (Å²) in [5, 5.41) is 0. The van der Waals surface area contributed by atoms with Gasteiger partial charge in [-0.3, -0.25) is 0 Å². The van der Waals surface area contributed by atoms with E-state index < -0.39 is 17.0 Å². The Morgan fingerprint density at radius 1 is 1.31 bits per heavy atom. The number of fused-ring (bicyclic) bond motifs is 1. The molecule has 0 radical (unpaired) electrons. The SMILES string of the molecule is C[C@H]1CCN1c1nc2c(c(-c3cccc([S-](=N)=O)c3C(F)F)n1)CCC2. The largest absolute Gasteiger partial charge is 0.440 e. The molecule has 1 aliphatic heterocycles. The van der Waals surface area contributed by atoms with Gasteiger partial charge in [0.1, 0.15) is 0 Å². The smallest absolute Gasteiger partial charge is 0.263 e. The van der Waals surface area contributed by atoms with Crippen LogP contribution < -0.4 is 4.90 Å². The van der Waals surface area contributed by atoms with Gasteiger partial charge in [-0.05, 0) is 32.6 Å². The number of aromatic nitrogens is 2. The van der Waals surface area contributed by atoms with Gasteiger partial charge in [-0.25, -0.2) is 18.7 Å². The van der Waals surface area contributed by atoms with Crippen LogP contribution in [0, 0.1) is 4.78 Å². The molecule has 1 aliphatic carbocycles. The molecule has 2 aliphatic rings. The molecular formula is C18H19F2N4OS-. The zero-order valence-corrected chi connectivity index (χ0v) is 15.2. The Morgan fingerprint density at radius 3 is 2.73 bits per heavy atom. The van der Waals surface area contributed by atoms with Crippen molar-refractivity contribution in [2.45, 2.75) is 50.0 Å². The molecule has 138 valence electrons. The van der Waals surface area contributed by atoms with E-state index in [1.807, 2.05) is 0 Å². The van der Waals surface area contributed by atoms with E-state index in [1.165, 1.54) is 6.07 Å². The minimum Gasteiger partial charge on any atom is -0.440 e. The lowest BCUT2D eigenvalue weighted by Crippen LogP contribution is -2.46. The number of alkyl halides is 2. The van der Waals surface area contributed by atoms with E-state index in [0.29, 0.717) is 17.7 Å². The fourth-order valence-electron chi connectivity index (χ4n) is 3.72. The van der Waals surface area contributed by atoms with Crippen molar-refractivity contribution < 1.29 is 13.0 Å². The number of benzene rings is 1. The highest BCUT2D eigenvalue weighted by Crippen LogP contribution is 2.39. The van der Waals surface area contributed by atoms with Gasteiger partial charge in [-0.1, -0.05) is 23.1 Å². The Balaban J connectivity index is 1.95. The van der Waals surface area contributed by atoms with Crippen molar-refractivity contribution in [1.82, 2.24) is 9.97 Å². The normalized spacial score (nSPS) is 19.1. The Hall–Kier alpha value is -2.09. The summed E-state index contributed by atoms with van der Waals surface area (Å²) < 4.78 is 46.7. The van der Waals surface area contributed by atoms with Gasteiger partial charge in [0, 0.05) is 35.0 Å². The number of rotatable bonds is 4. The van der Waals surface area contributed by atoms with E-state index in [0.717, 1.165) is 43.5 Å². The zero-order chi connectivity index (χ0) is 18.4. The number of nitrogens with one attached hydrogen (secondary N) is 1. The molecule has 1 aromatic heterocycles. The fourth-order valence-corrected chi connectivity index (χ4v) is 4.32. The Kier molecular flexibility index (Phi) is 4.38. The average molecular weight is 377 g/mol. The van der Waals surface area contributed by atoms with Crippen LogP contribution in [0.15, 0.2) is 23.1 Å². The molecule has 0 amide bonds. The van der Waals surface area contributed by atoms with Gasteiger partial charge in [0.15, 0.2) is 0 Å². The second kappa shape index (κ2) is 6.57. The van der Waals surface area contributed by atoms with E-state index in [9.17, 15) is 13.0 Å². The third-order valence-electron chi connectivity index (χ3n) is 5.24. The van der Waals surface area contributed by atoms with Crippen LogP contribution in [0.4, 0.5) is 14.7 Å². The molecule has 8 heteroatoms. The van der Waals surface area contributed by atoms with Gasteiger partial charge >= 0.3 is 0 Å². The summed E-state index contributed by atoms with van der Waals surface area (Å²) >= 11 is 0. The molecular weight excluding hydrogens is 358 g/mol. The molecule has 2 heterocycles. The predicted molar refractivity (Wildman–Crippen MR) is 94.9 cm³/mol. The Labute approximate surface area is 152 Å². The minimum atomic E-state index is -2.83. The molecule has 0 spiro atoms. The van der Waals surface area contributed by atoms with Gasteiger partial charge in [0.05, 0.1) is 5.69 Å². The van der Waals surface area contributed by atoms with Crippen molar-refractivity contribution in [3.05, 3.63) is 35.0 Å². The first-order chi connectivity index (χ1) is 12.5. The highest BCUT2D eigenvalue weighted by Gasteiger charge is 2.30. The molecule has 1 atom stereocenters. The van der Waals surface area contributed by atoms with E-state index in [-0.39, 0.29) is 16.0 Å². The molecule has 1 saturated heterocycles. The maximum absolute atomic E-state index is 13.8. The van der Waals surface area contributed by atoms with Crippen LogP contribution in [0.25, 0.3) is 11.3 Å². The lowest BCUT2D eigenvalue weighted by atomic mass is 9.99. The van der Waals surface area contributed by atoms with Crippen LogP contribution in [-0.2, 0) is 27.6 Å². The van der Waals surface area contributed by atoms with Gasteiger partial charge in [0.2, 0.25) is 5.95 Å². The van der Waals surface area contributed by atoms with Crippen LogP contribution in [0.2, 0.25) is 0 Å². The first kappa shape index (κ1) is 17.3. The lowest BCUT2D eigenvalue weighted by Gasteiger charge is -2.39. The van der Waals surface area contributed by atoms with Crippen molar-refractivity contribution in [3.8, 4) is 11.3 Å². The third kappa shape index (κ3) is 2.76. The number of nitrogens with zero attached hydrogens (tertiary/aromatic N) is 3. The summed E-state index contributed by atoms with van der Waals surface area (Å²) in [5.41, 5.74) is 2.24. The summed E-state index contributed by atoms with van der Waals surface area (Å²) in [6.07, 6.45) is 0.718. The quantitative estimate of drug-likeness (QED) is 0.809. The van der Waals surface area contributed by atoms with Crippen molar-refractivity contribution in [3.63, 3.8) is 0 Å². The Morgan fingerprint density at radius 2 is 2.12 bits per heavy atom. The summed E-state index contributed by atoms with van der Waals surface area (Å²) in [5.74, 6) is 0.581. The highest BCUT2D eigenvalue weighted by atomic mass is 32.2. The number of hydrogen-bond acceptors (Lipinski definition) is 6. The first-order valence-electron chi connectivity index (χ1n) is 8.68. The lowest BCUT2D eigenvalue weighted by molar-refractivity contribution is 0.148. The van der Waals surface area contributed by atoms with Crippen molar-refractivity contribution >= 4 is 16.5 Å². The number of halogens is 2. The van der Waals surface area contributed by atoms with Crippen LogP contribution in [-0.4, -0.2) is 22.6 Å². The maximum atomic E-state index is 13.8. The van der Waals surface area contributed by atoms with Gasteiger partial charge < -0.3 is 13.9 Å². The summed E-state index contributed by atoms with van der Waals surface area (Å²) in [4.78, 5) is 11.3. The van der Waals surface area contributed by atoms with Crippen LogP contribution in [0.5, 0.6) is 0 Å². The molecule has 4 rings (SSSR count). The second-order valence-corrected chi connectivity index (χ2v) is 7.75. The summed E-state index contributed by atoms with van der Waals surface area (Å²) in [6, 6.07) is 4.82.